The Hall–Kier alpha value is -2.60. The Morgan fingerprint density at radius 1 is 1.00 bits per heavy atom. The normalized spacial score (nSPS) is 8.87. The standard InChI is InChI=1S/C14H10ClF2NO.2CH2O/c1-8-6-9(2-4-12(8)16)14(19)18-10-3-5-13(17)11(15)7-10;2*1-2/h2-7H,1H3,(H,18,19);2*1H2. The molecular weight excluding hydrogens is 328 g/mol. The molecule has 0 unspecified atom stereocenters. The fourth-order valence-electron chi connectivity index (χ4n) is 1.56. The van der Waals surface area contributed by atoms with E-state index < -0.39 is 11.7 Å². The molecule has 2 aromatic carbocycles. The summed E-state index contributed by atoms with van der Waals surface area (Å²) in [7, 11) is 0. The van der Waals surface area contributed by atoms with Gasteiger partial charge in [-0.25, -0.2) is 8.78 Å². The molecule has 0 saturated carbocycles. The van der Waals surface area contributed by atoms with Gasteiger partial charge in [0.2, 0.25) is 0 Å². The van der Waals surface area contributed by atoms with Crippen LogP contribution in [0.2, 0.25) is 5.02 Å². The van der Waals surface area contributed by atoms with Crippen molar-refractivity contribution < 1.29 is 23.2 Å². The molecule has 0 saturated heterocycles. The summed E-state index contributed by atoms with van der Waals surface area (Å²) in [6.07, 6.45) is 0. The second kappa shape index (κ2) is 10.2. The van der Waals surface area contributed by atoms with Gasteiger partial charge in [-0.1, -0.05) is 11.6 Å². The van der Waals surface area contributed by atoms with Crippen LogP contribution in [0.5, 0.6) is 0 Å². The molecule has 0 aromatic heterocycles. The summed E-state index contributed by atoms with van der Waals surface area (Å²) in [5.41, 5.74) is 1.07. The van der Waals surface area contributed by atoms with Gasteiger partial charge < -0.3 is 14.9 Å². The number of carbonyl (C=O) groups is 3. The van der Waals surface area contributed by atoms with Crippen LogP contribution in [0.1, 0.15) is 15.9 Å². The minimum Gasteiger partial charge on any atom is -0.322 e. The van der Waals surface area contributed by atoms with Gasteiger partial charge in [-0.05, 0) is 48.9 Å². The molecule has 0 spiro atoms. The van der Waals surface area contributed by atoms with E-state index in [0.717, 1.165) is 6.07 Å². The van der Waals surface area contributed by atoms with Crippen LogP contribution >= 0.6 is 11.6 Å². The first-order valence-corrected chi connectivity index (χ1v) is 6.45. The van der Waals surface area contributed by atoms with Crippen molar-refractivity contribution in [1.29, 1.82) is 0 Å². The molecule has 0 fully saturated rings. The van der Waals surface area contributed by atoms with E-state index in [4.69, 9.17) is 21.2 Å². The quantitative estimate of drug-likeness (QED) is 0.903. The lowest BCUT2D eigenvalue weighted by Crippen LogP contribution is -2.12. The van der Waals surface area contributed by atoms with Crippen LogP contribution in [0.15, 0.2) is 36.4 Å². The van der Waals surface area contributed by atoms with Crippen LogP contribution in [0.25, 0.3) is 0 Å². The van der Waals surface area contributed by atoms with Crippen molar-refractivity contribution in [3.05, 3.63) is 64.2 Å². The van der Waals surface area contributed by atoms with E-state index >= 15 is 0 Å². The molecule has 2 rings (SSSR count). The summed E-state index contributed by atoms with van der Waals surface area (Å²) in [4.78, 5) is 27.9. The van der Waals surface area contributed by atoms with E-state index in [1.165, 1.54) is 30.3 Å². The van der Waals surface area contributed by atoms with Crippen molar-refractivity contribution in [2.45, 2.75) is 6.92 Å². The van der Waals surface area contributed by atoms with Crippen molar-refractivity contribution in [3.63, 3.8) is 0 Å². The number of benzene rings is 2. The number of rotatable bonds is 2. The predicted octanol–water partition coefficient (Wildman–Crippen LogP) is 3.81. The molecule has 0 atom stereocenters. The van der Waals surface area contributed by atoms with Crippen LogP contribution in [0.4, 0.5) is 14.5 Å². The van der Waals surface area contributed by atoms with Gasteiger partial charge in [0.15, 0.2) is 0 Å². The lowest BCUT2D eigenvalue weighted by Gasteiger charge is -2.07. The van der Waals surface area contributed by atoms with Crippen LogP contribution in [-0.4, -0.2) is 19.5 Å². The minimum atomic E-state index is -0.558. The van der Waals surface area contributed by atoms with Crippen molar-refractivity contribution in [1.82, 2.24) is 0 Å². The maximum absolute atomic E-state index is 13.1. The Kier molecular flexibility index (Phi) is 9.03. The van der Waals surface area contributed by atoms with E-state index in [9.17, 15) is 13.6 Å². The van der Waals surface area contributed by atoms with Gasteiger partial charge in [0, 0.05) is 11.3 Å². The average Bonchev–Trinajstić information content (AvgIpc) is 2.57. The maximum atomic E-state index is 13.1. The molecule has 0 bridgehead atoms. The Bertz CT molecular complexity index is 678. The van der Waals surface area contributed by atoms with E-state index in [1.807, 2.05) is 13.6 Å². The SMILES string of the molecule is C=O.C=O.Cc1cc(C(=O)Nc2ccc(F)c(Cl)c2)ccc1F. The number of hydrogen-bond acceptors (Lipinski definition) is 3. The zero-order chi connectivity index (χ0) is 18.0. The number of hydrogen-bond donors (Lipinski definition) is 1. The summed E-state index contributed by atoms with van der Waals surface area (Å²) in [6.45, 7) is 5.57. The minimum absolute atomic E-state index is 0.0758. The van der Waals surface area contributed by atoms with Crippen molar-refractivity contribution >= 4 is 36.8 Å². The number of anilines is 1. The van der Waals surface area contributed by atoms with Gasteiger partial charge in [0.25, 0.3) is 5.91 Å². The zero-order valence-corrected chi connectivity index (χ0v) is 13.0. The summed E-state index contributed by atoms with van der Waals surface area (Å²) in [5, 5.41) is 2.48. The Morgan fingerprint density at radius 3 is 2.09 bits per heavy atom. The molecule has 7 heteroatoms. The first-order valence-electron chi connectivity index (χ1n) is 6.07. The third kappa shape index (κ3) is 5.96. The number of halogens is 3. The second-order valence-corrected chi connectivity index (χ2v) is 4.45. The predicted molar refractivity (Wildman–Crippen MR) is 84.7 cm³/mol. The fourth-order valence-corrected chi connectivity index (χ4v) is 1.74. The summed E-state index contributed by atoms with van der Waals surface area (Å²) < 4.78 is 26.1. The molecule has 0 radical (unpaired) electrons. The van der Waals surface area contributed by atoms with Crippen LogP contribution < -0.4 is 5.32 Å². The fraction of sp³-hybridized carbons (Fsp3) is 0.0625. The molecule has 1 amide bonds. The highest BCUT2D eigenvalue weighted by Gasteiger charge is 2.09. The average molecular weight is 342 g/mol. The van der Waals surface area contributed by atoms with Crippen LogP contribution in [0, 0.1) is 18.6 Å². The van der Waals surface area contributed by atoms with E-state index in [-0.39, 0.29) is 10.8 Å². The molecule has 1 N–H and O–H groups in total. The van der Waals surface area contributed by atoms with E-state index in [2.05, 4.69) is 5.32 Å². The van der Waals surface area contributed by atoms with Crippen molar-refractivity contribution in [2.75, 3.05) is 5.32 Å². The van der Waals surface area contributed by atoms with Gasteiger partial charge in [-0.15, -0.1) is 0 Å². The third-order valence-electron chi connectivity index (χ3n) is 2.60. The van der Waals surface area contributed by atoms with Crippen molar-refractivity contribution in [3.8, 4) is 0 Å². The summed E-state index contributed by atoms with van der Waals surface area (Å²) in [5.74, 6) is -1.34. The Morgan fingerprint density at radius 2 is 1.57 bits per heavy atom. The largest absolute Gasteiger partial charge is 0.322 e. The lowest BCUT2D eigenvalue weighted by molar-refractivity contribution is -0.0987. The molecule has 0 aliphatic carbocycles. The first kappa shape index (κ1) is 20.4. The number of aryl methyl sites for hydroxylation is 1. The van der Waals surface area contributed by atoms with E-state index in [0.29, 0.717) is 16.8 Å². The molecule has 0 aliphatic heterocycles. The highest BCUT2D eigenvalue weighted by atomic mass is 35.5. The summed E-state index contributed by atoms with van der Waals surface area (Å²) in [6, 6.07) is 7.91. The first-order chi connectivity index (χ1) is 11.0. The van der Waals surface area contributed by atoms with Crippen molar-refractivity contribution in [2.24, 2.45) is 0 Å². The van der Waals surface area contributed by atoms with Gasteiger partial charge >= 0.3 is 0 Å². The topological polar surface area (TPSA) is 63.2 Å². The molecule has 2 aromatic rings. The number of amides is 1. The van der Waals surface area contributed by atoms with E-state index in [1.54, 1.807) is 6.92 Å². The second-order valence-electron chi connectivity index (χ2n) is 4.05. The van der Waals surface area contributed by atoms with Gasteiger partial charge in [0.1, 0.15) is 25.2 Å². The monoisotopic (exact) mass is 341 g/mol. The molecule has 23 heavy (non-hydrogen) atoms. The number of carbonyl (C=O) groups excluding carboxylic acids is 3. The van der Waals surface area contributed by atoms with Gasteiger partial charge in [-0.2, -0.15) is 0 Å². The smallest absolute Gasteiger partial charge is 0.255 e. The number of nitrogens with one attached hydrogen (secondary N) is 1. The Labute approximate surface area is 137 Å². The third-order valence-corrected chi connectivity index (χ3v) is 2.89. The van der Waals surface area contributed by atoms with Gasteiger partial charge in [-0.3, -0.25) is 4.79 Å². The lowest BCUT2D eigenvalue weighted by atomic mass is 10.1. The zero-order valence-electron chi connectivity index (χ0n) is 12.2. The van der Waals surface area contributed by atoms with Crippen LogP contribution in [0.3, 0.4) is 0 Å². The summed E-state index contributed by atoms with van der Waals surface area (Å²) >= 11 is 5.61. The molecule has 122 valence electrons. The highest BCUT2D eigenvalue weighted by molar-refractivity contribution is 6.31. The molecule has 0 heterocycles. The molecular formula is C16H14ClF2NO3. The molecule has 0 aliphatic rings. The van der Waals surface area contributed by atoms with Crippen LogP contribution in [-0.2, 0) is 9.59 Å². The maximum Gasteiger partial charge on any atom is 0.255 e. The van der Waals surface area contributed by atoms with Gasteiger partial charge in [0.05, 0.1) is 5.02 Å². The molecule has 4 nitrogen and oxygen atoms in total. The highest BCUT2D eigenvalue weighted by Crippen LogP contribution is 2.20. The Balaban J connectivity index is 0.00000112.